The average molecular weight is 487 g/mol. The van der Waals surface area contributed by atoms with E-state index >= 15 is 0 Å². The molecule has 5 atom stereocenters. The van der Waals surface area contributed by atoms with E-state index in [0.29, 0.717) is 48.0 Å². The molecule has 6 rings (SSSR count). The van der Waals surface area contributed by atoms with Crippen molar-refractivity contribution in [3.05, 3.63) is 63.1 Å². The van der Waals surface area contributed by atoms with Gasteiger partial charge in [-0.3, -0.25) is 14.4 Å². The minimum atomic E-state index is -0.202. The van der Waals surface area contributed by atoms with Crippen molar-refractivity contribution >= 4 is 17.4 Å². The minimum absolute atomic E-state index is 0.101. The van der Waals surface area contributed by atoms with Crippen molar-refractivity contribution < 1.29 is 9.59 Å². The Hall–Kier alpha value is -2.69. The summed E-state index contributed by atoms with van der Waals surface area (Å²) in [6.07, 6.45) is 11.2. The van der Waals surface area contributed by atoms with E-state index in [9.17, 15) is 14.4 Å². The van der Waals surface area contributed by atoms with Gasteiger partial charge in [0.15, 0.2) is 0 Å². The van der Waals surface area contributed by atoms with Gasteiger partial charge in [-0.2, -0.15) is 0 Å². The Labute approximate surface area is 213 Å². The van der Waals surface area contributed by atoms with Crippen molar-refractivity contribution in [2.45, 2.75) is 89.9 Å². The Morgan fingerprint density at radius 2 is 1.92 bits per heavy atom. The molecule has 2 saturated carbocycles. The van der Waals surface area contributed by atoms with Gasteiger partial charge in [0.05, 0.1) is 0 Å². The lowest BCUT2D eigenvalue weighted by Crippen LogP contribution is -2.44. The molecule has 1 heterocycles. The standard InChI is InChI=1S/C31H38N2O3/c1-31-16-15-23-22-10-4-2-7-19(22)13-14-24(23)29(31)21(18-27(31)34)9-6-12-28(35)32-26-17-20-8-3-5-11-25(20)33-30(26)36/h2,4,7,10,17,21,23-24,29H,3,5-6,8-9,11-16,18H2,1H3,(H,32,35)(H,33,36)/t21-,23?,24?,29?,31-/m1/s1. The maximum Gasteiger partial charge on any atom is 0.271 e. The lowest BCUT2D eigenvalue weighted by atomic mass is 9.54. The molecule has 1 aromatic carbocycles. The number of ketones is 1. The van der Waals surface area contributed by atoms with Gasteiger partial charge in [-0.15, -0.1) is 0 Å². The Kier molecular flexibility index (Phi) is 6.13. The smallest absolute Gasteiger partial charge is 0.271 e. The molecule has 4 aliphatic carbocycles. The van der Waals surface area contributed by atoms with Crippen LogP contribution in [0.5, 0.6) is 0 Å². The Balaban J connectivity index is 1.11. The van der Waals surface area contributed by atoms with Crippen molar-refractivity contribution in [2.75, 3.05) is 5.32 Å². The van der Waals surface area contributed by atoms with Crippen LogP contribution in [-0.2, 0) is 28.9 Å². The van der Waals surface area contributed by atoms with E-state index in [1.165, 1.54) is 17.5 Å². The zero-order valence-corrected chi connectivity index (χ0v) is 21.4. The number of nitrogens with one attached hydrogen (secondary N) is 2. The summed E-state index contributed by atoms with van der Waals surface area (Å²) in [5.74, 6) is 2.26. The SMILES string of the molecule is C[C@]12CCC3c4ccccc4CCC3C1[C@H](CCCC(=O)Nc1cc3c([nH]c1=O)CCCC3)CC2=O. The number of Topliss-reactive ketones (excluding diaryl/α,β-unsaturated/α-hetero) is 1. The first-order valence-corrected chi connectivity index (χ1v) is 14.1. The van der Waals surface area contributed by atoms with Gasteiger partial charge >= 0.3 is 0 Å². The average Bonchev–Trinajstić information content (AvgIpc) is 3.14. The maximum absolute atomic E-state index is 13.2. The normalized spacial score (nSPS) is 30.6. The Morgan fingerprint density at radius 1 is 1.08 bits per heavy atom. The molecule has 0 radical (unpaired) electrons. The molecular formula is C31H38N2O3. The third-order valence-corrected chi connectivity index (χ3v) is 10.1. The number of fused-ring (bicyclic) bond motifs is 6. The van der Waals surface area contributed by atoms with Gasteiger partial charge in [0.1, 0.15) is 11.5 Å². The van der Waals surface area contributed by atoms with Gasteiger partial charge in [-0.05, 0) is 111 Å². The van der Waals surface area contributed by atoms with E-state index in [0.717, 1.165) is 69.0 Å². The van der Waals surface area contributed by atoms with Gasteiger partial charge in [-0.1, -0.05) is 31.2 Å². The maximum atomic E-state index is 13.2. The number of aromatic nitrogens is 1. The Morgan fingerprint density at radius 3 is 2.81 bits per heavy atom. The number of carbonyl (C=O) groups is 2. The van der Waals surface area contributed by atoms with Crippen molar-refractivity contribution in [3.8, 4) is 0 Å². The molecule has 2 N–H and O–H groups in total. The van der Waals surface area contributed by atoms with Crippen molar-refractivity contribution in [1.82, 2.24) is 4.98 Å². The fourth-order valence-electron chi connectivity index (χ4n) is 8.35. The Bertz CT molecular complexity index is 1250. The van der Waals surface area contributed by atoms with Gasteiger partial charge in [0.25, 0.3) is 5.56 Å². The van der Waals surface area contributed by atoms with Crippen LogP contribution in [-0.4, -0.2) is 16.7 Å². The zero-order chi connectivity index (χ0) is 24.9. The van der Waals surface area contributed by atoms with Crippen LogP contribution in [0.3, 0.4) is 0 Å². The van der Waals surface area contributed by atoms with E-state index in [1.807, 2.05) is 6.07 Å². The topological polar surface area (TPSA) is 79.0 Å². The summed E-state index contributed by atoms with van der Waals surface area (Å²) < 4.78 is 0. The number of H-pyrrole nitrogens is 1. The number of aryl methyl sites for hydroxylation is 3. The summed E-state index contributed by atoms with van der Waals surface area (Å²) in [6.45, 7) is 2.23. The highest BCUT2D eigenvalue weighted by atomic mass is 16.2. The third-order valence-electron chi connectivity index (χ3n) is 10.1. The molecule has 2 fully saturated rings. The number of hydrogen-bond acceptors (Lipinski definition) is 3. The van der Waals surface area contributed by atoms with Crippen LogP contribution < -0.4 is 10.9 Å². The van der Waals surface area contributed by atoms with Crippen LogP contribution in [0.1, 0.15) is 93.0 Å². The van der Waals surface area contributed by atoms with Crippen LogP contribution >= 0.6 is 0 Å². The summed E-state index contributed by atoms with van der Waals surface area (Å²) in [5, 5.41) is 2.86. The van der Waals surface area contributed by atoms with E-state index < -0.39 is 0 Å². The van der Waals surface area contributed by atoms with Crippen molar-refractivity contribution in [3.63, 3.8) is 0 Å². The number of amides is 1. The quantitative estimate of drug-likeness (QED) is 0.568. The molecule has 4 aliphatic rings. The predicted octanol–water partition coefficient (Wildman–Crippen LogP) is 5.71. The first-order chi connectivity index (χ1) is 17.4. The molecule has 0 saturated heterocycles. The summed E-state index contributed by atoms with van der Waals surface area (Å²) in [5.41, 5.74) is 5.17. The van der Waals surface area contributed by atoms with Gasteiger partial charge in [-0.25, -0.2) is 0 Å². The van der Waals surface area contributed by atoms with E-state index in [4.69, 9.17) is 0 Å². The molecule has 2 aromatic rings. The molecule has 5 nitrogen and oxygen atoms in total. The lowest BCUT2D eigenvalue weighted by Gasteiger charge is -2.50. The first-order valence-electron chi connectivity index (χ1n) is 14.1. The largest absolute Gasteiger partial charge is 0.324 e. The molecular weight excluding hydrogens is 448 g/mol. The second-order valence-corrected chi connectivity index (χ2v) is 12.0. The van der Waals surface area contributed by atoms with E-state index in [2.05, 4.69) is 41.5 Å². The number of aromatic amines is 1. The highest BCUT2D eigenvalue weighted by molar-refractivity contribution is 5.90. The van der Waals surface area contributed by atoms with Crippen LogP contribution in [0.15, 0.2) is 35.1 Å². The van der Waals surface area contributed by atoms with Crippen molar-refractivity contribution in [2.24, 2.45) is 23.2 Å². The summed E-state index contributed by atoms with van der Waals surface area (Å²) >= 11 is 0. The van der Waals surface area contributed by atoms with Crippen LogP contribution in [0.25, 0.3) is 0 Å². The molecule has 3 unspecified atom stereocenters. The summed E-state index contributed by atoms with van der Waals surface area (Å²) in [7, 11) is 0. The second kappa shape index (κ2) is 9.32. The molecule has 0 bridgehead atoms. The van der Waals surface area contributed by atoms with Crippen LogP contribution in [0.2, 0.25) is 0 Å². The van der Waals surface area contributed by atoms with Gasteiger partial charge in [0, 0.05) is 24.0 Å². The molecule has 1 amide bonds. The van der Waals surface area contributed by atoms with Gasteiger partial charge < -0.3 is 10.3 Å². The van der Waals surface area contributed by atoms with Crippen LogP contribution in [0, 0.1) is 23.2 Å². The summed E-state index contributed by atoms with van der Waals surface area (Å²) in [4.78, 5) is 41.4. The van der Waals surface area contributed by atoms with Crippen LogP contribution in [0.4, 0.5) is 5.69 Å². The zero-order valence-electron chi connectivity index (χ0n) is 21.4. The molecule has 5 heteroatoms. The fraction of sp³-hybridized carbons (Fsp3) is 0.581. The fourth-order valence-corrected chi connectivity index (χ4v) is 8.35. The number of rotatable bonds is 5. The van der Waals surface area contributed by atoms with Gasteiger partial charge in [0.2, 0.25) is 5.91 Å². The van der Waals surface area contributed by atoms with E-state index in [1.54, 1.807) is 0 Å². The van der Waals surface area contributed by atoms with Crippen molar-refractivity contribution in [1.29, 1.82) is 0 Å². The molecule has 0 aliphatic heterocycles. The number of pyridine rings is 1. The third kappa shape index (κ3) is 4.05. The number of benzene rings is 1. The lowest BCUT2D eigenvalue weighted by molar-refractivity contribution is -0.129. The first kappa shape index (κ1) is 23.7. The number of hydrogen-bond donors (Lipinski definition) is 2. The molecule has 0 spiro atoms. The monoisotopic (exact) mass is 486 g/mol. The highest BCUT2D eigenvalue weighted by Gasteiger charge is 2.58. The number of carbonyl (C=O) groups excluding carboxylic acids is 2. The highest BCUT2D eigenvalue weighted by Crippen LogP contribution is 2.62. The second-order valence-electron chi connectivity index (χ2n) is 12.0. The summed E-state index contributed by atoms with van der Waals surface area (Å²) in [6, 6.07) is 10.8. The molecule has 190 valence electrons. The molecule has 36 heavy (non-hydrogen) atoms. The van der Waals surface area contributed by atoms with E-state index in [-0.39, 0.29) is 16.9 Å². The predicted molar refractivity (Wildman–Crippen MR) is 141 cm³/mol. The number of anilines is 1. The minimum Gasteiger partial charge on any atom is -0.324 e. The molecule has 1 aromatic heterocycles.